The van der Waals surface area contributed by atoms with Crippen LogP contribution >= 0.6 is 0 Å². The molecule has 2 aromatic rings. The Morgan fingerprint density at radius 3 is 2.58 bits per heavy atom. The topological polar surface area (TPSA) is 39.7 Å². The predicted octanol–water partition coefficient (Wildman–Crippen LogP) is 3.65. The zero-order valence-corrected chi connectivity index (χ0v) is 14.8. The Bertz CT molecular complexity index is 727. The van der Waals surface area contributed by atoms with Crippen LogP contribution in [0.3, 0.4) is 0 Å². The van der Waals surface area contributed by atoms with Crippen molar-refractivity contribution in [2.45, 2.75) is 26.3 Å². The first kappa shape index (κ1) is 16.7. The van der Waals surface area contributed by atoms with Crippen molar-refractivity contribution >= 4 is 0 Å². The summed E-state index contributed by atoms with van der Waals surface area (Å²) >= 11 is 0. The van der Waals surface area contributed by atoms with E-state index in [1.54, 1.807) is 14.2 Å². The highest BCUT2D eigenvalue weighted by Crippen LogP contribution is 2.38. The van der Waals surface area contributed by atoms with Gasteiger partial charge in [-0.15, -0.1) is 0 Å². The van der Waals surface area contributed by atoms with E-state index in [2.05, 4.69) is 36.5 Å². The van der Waals surface area contributed by atoms with Gasteiger partial charge in [0.25, 0.3) is 0 Å². The van der Waals surface area contributed by atoms with Gasteiger partial charge in [0, 0.05) is 6.54 Å². The minimum absolute atomic E-state index is 0.132. The molecule has 1 unspecified atom stereocenters. The van der Waals surface area contributed by atoms with E-state index in [4.69, 9.17) is 14.2 Å². The first-order chi connectivity index (χ1) is 11.7. The van der Waals surface area contributed by atoms with Gasteiger partial charge in [0.2, 0.25) is 0 Å². The van der Waals surface area contributed by atoms with Crippen molar-refractivity contribution in [1.82, 2.24) is 5.32 Å². The molecule has 128 valence electrons. The molecule has 1 aliphatic rings. The lowest BCUT2D eigenvalue weighted by atomic mass is 9.88. The number of benzene rings is 2. The third-order valence-electron chi connectivity index (χ3n) is 4.42. The van der Waals surface area contributed by atoms with Crippen molar-refractivity contribution in [2.75, 3.05) is 27.4 Å². The molecule has 0 saturated carbocycles. The van der Waals surface area contributed by atoms with Gasteiger partial charge in [-0.25, -0.2) is 0 Å². The van der Waals surface area contributed by atoms with Gasteiger partial charge >= 0.3 is 0 Å². The van der Waals surface area contributed by atoms with E-state index >= 15 is 0 Å². The summed E-state index contributed by atoms with van der Waals surface area (Å²) in [5.74, 6) is 2.49. The van der Waals surface area contributed by atoms with Crippen LogP contribution in [0.1, 0.15) is 35.2 Å². The molecular formula is C20H25NO3. The highest BCUT2D eigenvalue weighted by atomic mass is 16.5. The van der Waals surface area contributed by atoms with E-state index in [-0.39, 0.29) is 6.04 Å². The van der Waals surface area contributed by atoms with E-state index in [0.29, 0.717) is 6.61 Å². The molecule has 1 atom stereocenters. The van der Waals surface area contributed by atoms with Crippen molar-refractivity contribution in [1.29, 1.82) is 0 Å². The molecule has 1 heterocycles. The summed E-state index contributed by atoms with van der Waals surface area (Å²) < 4.78 is 16.7. The minimum Gasteiger partial charge on any atom is -0.497 e. The molecule has 24 heavy (non-hydrogen) atoms. The molecule has 1 aliphatic heterocycles. The Hall–Kier alpha value is -2.20. The third kappa shape index (κ3) is 3.20. The van der Waals surface area contributed by atoms with Crippen molar-refractivity contribution in [3.8, 4) is 17.2 Å². The monoisotopic (exact) mass is 327 g/mol. The van der Waals surface area contributed by atoms with Crippen LogP contribution in [0.15, 0.2) is 30.3 Å². The SMILES string of the molecule is CCOc1cc2c(cc1OC)CCNC2c1cc(C)cc(OC)c1. The van der Waals surface area contributed by atoms with E-state index < -0.39 is 0 Å². The van der Waals surface area contributed by atoms with Crippen LogP contribution in [0.25, 0.3) is 0 Å². The maximum Gasteiger partial charge on any atom is 0.161 e. The van der Waals surface area contributed by atoms with Gasteiger partial charge in [-0.2, -0.15) is 0 Å². The van der Waals surface area contributed by atoms with Crippen molar-refractivity contribution < 1.29 is 14.2 Å². The van der Waals surface area contributed by atoms with Gasteiger partial charge in [-0.1, -0.05) is 6.07 Å². The lowest BCUT2D eigenvalue weighted by Crippen LogP contribution is -2.30. The molecule has 3 rings (SSSR count). The quantitative estimate of drug-likeness (QED) is 0.910. The lowest BCUT2D eigenvalue weighted by molar-refractivity contribution is 0.309. The summed E-state index contributed by atoms with van der Waals surface area (Å²) in [6.07, 6.45) is 0.984. The van der Waals surface area contributed by atoms with E-state index in [1.807, 2.05) is 13.0 Å². The van der Waals surface area contributed by atoms with Gasteiger partial charge in [-0.3, -0.25) is 0 Å². The van der Waals surface area contributed by atoms with Crippen molar-refractivity contribution in [3.63, 3.8) is 0 Å². The van der Waals surface area contributed by atoms with Gasteiger partial charge in [-0.05, 0) is 66.8 Å². The average molecular weight is 327 g/mol. The fourth-order valence-corrected chi connectivity index (χ4v) is 3.35. The van der Waals surface area contributed by atoms with Gasteiger partial charge < -0.3 is 19.5 Å². The number of aryl methyl sites for hydroxylation is 1. The molecule has 4 heteroatoms. The maximum absolute atomic E-state index is 5.77. The van der Waals surface area contributed by atoms with E-state index in [0.717, 1.165) is 30.2 Å². The number of ether oxygens (including phenoxy) is 3. The largest absolute Gasteiger partial charge is 0.497 e. The normalized spacial score (nSPS) is 16.4. The Kier molecular flexibility index (Phi) is 4.95. The average Bonchev–Trinajstić information content (AvgIpc) is 2.60. The maximum atomic E-state index is 5.77. The molecule has 0 amide bonds. The van der Waals surface area contributed by atoms with E-state index in [9.17, 15) is 0 Å². The lowest BCUT2D eigenvalue weighted by Gasteiger charge is -2.29. The number of hydrogen-bond donors (Lipinski definition) is 1. The Balaban J connectivity index is 2.08. The molecule has 0 spiro atoms. The molecule has 2 aromatic carbocycles. The van der Waals surface area contributed by atoms with Crippen molar-refractivity contribution in [2.24, 2.45) is 0 Å². The van der Waals surface area contributed by atoms with Crippen LogP contribution in [-0.2, 0) is 6.42 Å². The Morgan fingerprint density at radius 1 is 1.04 bits per heavy atom. The van der Waals surface area contributed by atoms with Crippen LogP contribution in [0, 0.1) is 6.92 Å². The zero-order chi connectivity index (χ0) is 17.1. The van der Waals surface area contributed by atoms with Crippen LogP contribution in [0.5, 0.6) is 17.2 Å². The summed E-state index contributed by atoms with van der Waals surface area (Å²) in [4.78, 5) is 0. The second-order valence-corrected chi connectivity index (χ2v) is 6.06. The Morgan fingerprint density at radius 2 is 1.88 bits per heavy atom. The van der Waals surface area contributed by atoms with Crippen LogP contribution in [0.2, 0.25) is 0 Å². The Labute approximate surface area is 143 Å². The van der Waals surface area contributed by atoms with Crippen LogP contribution < -0.4 is 19.5 Å². The summed E-state index contributed by atoms with van der Waals surface area (Å²) in [5, 5.41) is 3.62. The van der Waals surface area contributed by atoms with Gasteiger partial charge in [0.15, 0.2) is 11.5 Å². The van der Waals surface area contributed by atoms with Crippen LogP contribution in [0.4, 0.5) is 0 Å². The number of hydrogen-bond acceptors (Lipinski definition) is 4. The number of fused-ring (bicyclic) bond motifs is 1. The predicted molar refractivity (Wildman–Crippen MR) is 95.4 cm³/mol. The molecule has 0 saturated heterocycles. The molecule has 0 aliphatic carbocycles. The van der Waals surface area contributed by atoms with Gasteiger partial charge in [0.05, 0.1) is 26.9 Å². The molecule has 0 bridgehead atoms. The zero-order valence-electron chi connectivity index (χ0n) is 14.8. The summed E-state index contributed by atoms with van der Waals surface area (Å²) in [6, 6.07) is 10.7. The molecule has 0 radical (unpaired) electrons. The fraction of sp³-hybridized carbons (Fsp3) is 0.400. The summed E-state index contributed by atoms with van der Waals surface area (Å²) in [6.45, 7) is 5.63. The summed E-state index contributed by atoms with van der Waals surface area (Å²) in [7, 11) is 3.40. The first-order valence-electron chi connectivity index (χ1n) is 8.38. The van der Waals surface area contributed by atoms with E-state index in [1.165, 1.54) is 22.3 Å². The molecule has 1 N–H and O–H groups in total. The molecule has 0 aromatic heterocycles. The number of nitrogens with one attached hydrogen (secondary N) is 1. The highest BCUT2D eigenvalue weighted by Gasteiger charge is 2.24. The molecule has 0 fully saturated rings. The molecular weight excluding hydrogens is 302 g/mol. The van der Waals surface area contributed by atoms with Gasteiger partial charge in [0.1, 0.15) is 5.75 Å². The number of rotatable bonds is 5. The van der Waals surface area contributed by atoms with Crippen LogP contribution in [-0.4, -0.2) is 27.4 Å². The second kappa shape index (κ2) is 7.14. The third-order valence-corrected chi connectivity index (χ3v) is 4.42. The first-order valence-corrected chi connectivity index (χ1v) is 8.38. The summed E-state index contributed by atoms with van der Waals surface area (Å²) in [5.41, 5.74) is 4.95. The molecule has 4 nitrogen and oxygen atoms in total. The smallest absolute Gasteiger partial charge is 0.161 e. The standard InChI is InChI=1S/C20H25NO3/c1-5-24-19-12-17-14(11-18(19)23-4)6-7-21-20(17)15-8-13(2)9-16(10-15)22-3/h8-12,20-21H,5-7H2,1-4H3. The minimum atomic E-state index is 0.132. The second-order valence-electron chi connectivity index (χ2n) is 6.06. The fourth-order valence-electron chi connectivity index (χ4n) is 3.35. The van der Waals surface area contributed by atoms with Crippen molar-refractivity contribution in [3.05, 3.63) is 52.6 Å². The highest BCUT2D eigenvalue weighted by molar-refractivity contribution is 5.52. The number of methoxy groups -OCH3 is 2.